The Bertz CT molecular complexity index is 539. The molecule has 0 aliphatic rings. The van der Waals surface area contributed by atoms with Crippen LogP contribution in [0, 0.1) is 0 Å². The lowest BCUT2D eigenvalue weighted by atomic mass is 10.1. The van der Waals surface area contributed by atoms with Crippen LogP contribution in [0.1, 0.15) is 20.8 Å². The van der Waals surface area contributed by atoms with Crippen molar-refractivity contribution >= 4 is 22.6 Å². The van der Waals surface area contributed by atoms with Gasteiger partial charge in [0.15, 0.2) is 0 Å². The zero-order valence-corrected chi connectivity index (χ0v) is 10.2. The molecule has 0 spiro atoms. The van der Waals surface area contributed by atoms with E-state index < -0.39 is 0 Å². The van der Waals surface area contributed by atoms with Gasteiger partial charge in [-0.25, -0.2) is 4.79 Å². The number of hydrogen-bond acceptors (Lipinski definition) is 2. The van der Waals surface area contributed by atoms with Gasteiger partial charge >= 0.3 is 6.03 Å². The highest BCUT2D eigenvalue weighted by Crippen LogP contribution is 2.16. The standard InChI is InChI=1S/C12H16N4O/c1-12(2,3)15-11(17)14-9-5-4-8-7-13-16-10(8)6-9/h4-7H,1-3H3,(H,13,16)(H2,14,15,17). The monoisotopic (exact) mass is 232 g/mol. The highest BCUT2D eigenvalue weighted by atomic mass is 16.2. The molecule has 5 heteroatoms. The maximum absolute atomic E-state index is 11.7. The third-order valence-corrected chi connectivity index (χ3v) is 2.19. The lowest BCUT2D eigenvalue weighted by Crippen LogP contribution is -2.43. The number of nitrogens with zero attached hydrogens (tertiary/aromatic N) is 1. The molecule has 0 bridgehead atoms. The molecule has 0 unspecified atom stereocenters. The van der Waals surface area contributed by atoms with Crippen molar-refractivity contribution in [1.82, 2.24) is 15.5 Å². The lowest BCUT2D eigenvalue weighted by molar-refractivity contribution is 0.244. The fourth-order valence-electron chi connectivity index (χ4n) is 1.52. The number of anilines is 1. The van der Waals surface area contributed by atoms with Crippen LogP contribution < -0.4 is 10.6 Å². The van der Waals surface area contributed by atoms with Crippen LogP contribution in [0.25, 0.3) is 10.9 Å². The van der Waals surface area contributed by atoms with Gasteiger partial charge in [-0.05, 0) is 39.0 Å². The molecule has 0 saturated carbocycles. The number of H-pyrrole nitrogens is 1. The molecule has 0 radical (unpaired) electrons. The van der Waals surface area contributed by atoms with E-state index in [1.54, 1.807) is 6.20 Å². The third kappa shape index (κ3) is 2.96. The number of fused-ring (bicyclic) bond motifs is 1. The van der Waals surface area contributed by atoms with Crippen LogP contribution in [0.5, 0.6) is 0 Å². The van der Waals surface area contributed by atoms with E-state index in [2.05, 4.69) is 20.8 Å². The summed E-state index contributed by atoms with van der Waals surface area (Å²) in [4.78, 5) is 11.7. The number of aromatic nitrogens is 2. The number of benzene rings is 1. The Labute approximate surface area is 99.6 Å². The maximum Gasteiger partial charge on any atom is 0.319 e. The van der Waals surface area contributed by atoms with Crippen LogP contribution >= 0.6 is 0 Å². The fraction of sp³-hybridized carbons (Fsp3) is 0.333. The molecule has 1 aromatic heterocycles. The minimum absolute atomic E-state index is 0.212. The van der Waals surface area contributed by atoms with E-state index in [4.69, 9.17) is 0 Å². The van der Waals surface area contributed by atoms with Gasteiger partial charge in [-0.15, -0.1) is 0 Å². The van der Waals surface area contributed by atoms with E-state index in [1.165, 1.54) is 0 Å². The quantitative estimate of drug-likeness (QED) is 0.707. The normalized spacial score (nSPS) is 11.5. The third-order valence-electron chi connectivity index (χ3n) is 2.19. The van der Waals surface area contributed by atoms with E-state index in [0.29, 0.717) is 0 Å². The van der Waals surface area contributed by atoms with Crippen molar-refractivity contribution in [3.63, 3.8) is 0 Å². The summed E-state index contributed by atoms with van der Waals surface area (Å²) >= 11 is 0. The second-order valence-corrected chi connectivity index (χ2v) is 5.00. The van der Waals surface area contributed by atoms with Crippen LogP contribution in [0.3, 0.4) is 0 Å². The van der Waals surface area contributed by atoms with Crippen molar-refractivity contribution in [2.45, 2.75) is 26.3 Å². The number of carbonyl (C=O) groups is 1. The van der Waals surface area contributed by atoms with Crippen LogP contribution in [0.15, 0.2) is 24.4 Å². The number of nitrogens with one attached hydrogen (secondary N) is 3. The first-order chi connectivity index (χ1) is 7.94. The first kappa shape index (κ1) is 11.4. The average molecular weight is 232 g/mol. The minimum atomic E-state index is -0.248. The van der Waals surface area contributed by atoms with Gasteiger partial charge in [-0.2, -0.15) is 5.10 Å². The molecule has 17 heavy (non-hydrogen) atoms. The first-order valence-corrected chi connectivity index (χ1v) is 5.46. The summed E-state index contributed by atoms with van der Waals surface area (Å²) in [6, 6.07) is 5.40. The maximum atomic E-state index is 11.7. The van der Waals surface area contributed by atoms with Crippen LogP contribution in [0.2, 0.25) is 0 Å². The van der Waals surface area contributed by atoms with Gasteiger partial charge in [-0.3, -0.25) is 5.10 Å². The number of rotatable bonds is 1. The van der Waals surface area contributed by atoms with Crippen molar-refractivity contribution in [3.05, 3.63) is 24.4 Å². The zero-order chi connectivity index (χ0) is 12.5. The Balaban J connectivity index is 2.10. The van der Waals surface area contributed by atoms with Crippen molar-refractivity contribution < 1.29 is 4.79 Å². The minimum Gasteiger partial charge on any atom is -0.333 e. The van der Waals surface area contributed by atoms with Crippen LogP contribution in [0.4, 0.5) is 10.5 Å². The van der Waals surface area contributed by atoms with Gasteiger partial charge in [0.1, 0.15) is 0 Å². The van der Waals surface area contributed by atoms with Gasteiger partial charge in [0.05, 0.1) is 11.7 Å². The molecule has 0 aliphatic carbocycles. The number of urea groups is 1. The van der Waals surface area contributed by atoms with Crippen molar-refractivity contribution in [2.75, 3.05) is 5.32 Å². The summed E-state index contributed by atoms with van der Waals surface area (Å²) < 4.78 is 0. The Hall–Kier alpha value is -2.04. The van der Waals surface area contributed by atoms with Gasteiger partial charge < -0.3 is 10.6 Å². The number of carbonyl (C=O) groups excluding carboxylic acids is 1. The molecule has 0 atom stereocenters. The molecule has 2 rings (SSSR count). The second-order valence-electron chi connectivity index (χ2n) is 5.00. The Morgan fingerprint density at radius 1 is 1.35 bits per heavy atom. The summed E-state index contributed by atoms with van der Waals surface area (Å²) in [6.07, 6.45) is 1.74. The molecule has 0 saturated heterocycles. The average Bonchev–Trinajstić information content (AvgIpc) is 2.61. The predicted molar refractivity (Wildman–Crippen MR) is 68.0 cm³/mol. The van der Waals surface area contributed by atoms with E-state index in [0.717, 1.165) is 16.6 Å². The molecule has 3 N–H and O–H groups in total. The second kappa shape index (κ2) is 4.08. The van der Waals surface area contributed by atoms with E-state index in [9.17, 15) is 4.79 Å². The van der Waals surface area contributed by atoms with Gasteiger partial charge in [0.2, 0.25) is 0 Å². The Morgan fingerprint density at radius 2 is 2.12 bits per heavy atom. The predicted octanol–water partition coefficient (Wildman–Crippen LogP) is 2.48. The molecule has 1 heterocycles. The molecule has 0 fully saturated rings. The van der Waals surface area contributed by atoms with Crippen molar-refractivity contribution in [2.24, 2.45) is 0 Å². The van der Waals surface area contributed by atoms with Gasteiger partial charge in [-0.1, -0.05) is 0 Å². The lowest BCUT2D eigenvalue weighted by Gasteiger charge is -2.20. The molecular formula is C12H16N4O. The van der Waals surface area contributed by atoms with E-state index in [-0.39, 0.29) is 11.6 Å². The van der Waals surface area contributed by atoms with Crippen LogP contribution in [-0.2, 0) is 0 Å². The molecule has 1 aromatic carbocycles. The van der Waals surface area contributed by atoms with Crippen LogP contribution in [-0.4, -0.2) is 21.8 Å². The number of aromatic amines is 1. The van der Waals surface area contributed by atoms with E-state index >= 15 is 0 Å². The number of amides is 2. The summed E-state index contributed by atoms with van der Waals surface area (Å²) in [5, 5.41) is 13.4. The molecule has 2 aromatic rings. The molecule has 90 valence electrons. The fourth-order valence-corrected chi connectivity index (χ4v) is 1.52. The van der Waals surface area contributed by atoms with Gasteiger partial charge in [0.25, 0.3) is 0 Å². The molecule has 2 amide bonds. The molecular weight excluding hydrogens is 216 g/mol. The van der Waals surface area contributed by atoms with Crippen molar-refractivity contribution in [1.29, 1.82) is 0 Å². The first-order valence-electron chi connectivity index (χ1n) is 5.46. The highest BCUT2D eigenvalue weighted by molar-refractivity contribution is 5.92. The zero-order valence-electron chi connectivity index (χ0n) is 10.2. The molecule has 5 nitrogen and oxygen atoms in total. The summed E-state index contributed by atoms with van der Waals surface area (Å²) in [5.41, 5.74) is 1.39. The highest BCUT2D eigenvalue weighted by Gasteiger charge is 2.13. The topological polar surface area (TPSA) is 69.8 Å². The Morgan fingerprint density at radius 3 is 2.82 bits per heavy atom. The smallest absolute Gasteiger partial charge is 0.319 e. The largest absolute Gasteiger partial charge is 0.333 e. The summed E-state index contributed by atoms with van der Waals surface area (Å²) in [7, 11) is 0. The summed E-state index contributed by atoms with van der Waals surface area (Å²) in [6.45, 7) is 5.81. The summed E-state index contributed by atoms with van der Waals surface area (Å²) in [5.74, 6) is 0. The van der Waals surface area contributed by atoms with Gasteiger partial charge in [0, 0.05) is 16.6 Å². The number of hydrogen-bond donors (Lipinski definition) is 3. The van der Waals surface area contributed by atoms with E-state index in [1.807, 2.05) is 39.0 Å². The Kier molecular flexibility index (Phi) is 2.75. The SMILES string of the molecule is CC(C)(C)NC(=O)Nc1ccc2cn[nH]c2c1. The van der Waals surface area contributed by atoms with Crippen molar-refractivity contribution in [3.8, 4) is 0 Å². The molecule has 0 aliphatic heterocycles.